The van der Waals surface area contributed by atoms with Crippen molar-refractivity contribution in [2.45, 2.75) is 134 Å². The summed E-state index contributed by atoms with van der Waals surface area (Å²) in [7, 11) is 0. The molecular formula is C77H84BrF6IN25O-. The maximum atomic E-state index is 14.9. The number of nitrogens with zero attached hydrogens (tertiary/aromatic N) is 20. The van der Waals surface area contributed by atoms with Gasteiger partial charge < -0.3 is 69.9 Å². The molecule has 111 heavy (non-hydrogen) atoms. The molecule has 26 nitrogen and oxygen atoms in total. The lowest BCUT2D eigenvalue weighted by atomic mass is 10.1. The normalized spacial score (nSPS) is 13.2. The molecule has 0 radical (unpaired) electrons. The number of aromatic nitrogens is 15. The topological polar surface area (TPSA) is 330 Å². The molecular weight excluding hydrogens is 1610 g/mol. The smallest absolute Gasteiger partial charge is 0.229 e. The van der Waals surface area contributed by atoms with Gasteiger partial charge in [-0.3, -0.25) is 9.80 Å². The van der Waals surface area contributed by atoms with Crippen LogP contribution in [0.5, 0.6) is 0 Å². The molecule has 7 N–H and O–H groups in total. The maximum absolute atomic E-state index is 14.9. The number of hydrogen-bond donors (Lipinski definition) is 6. The molecule has 9 aromatic heterocycles. The van der Waals surface area contributed by atoms with Gasteiger partial charge in [0.1, 0.15) is 68.6 Å². The van der Waals surface area contributed by atoms with Gasteiger partial charge in [0.2, 0.25) is 17.8 Å². The molecule has 0 atom stereocenters. The summed E-state index contributed by atoms with van der Waals surface area (Å²) in [6.07, 6.45) is 5.45. The van der Waals surface area contributed by atoms with Crippen molar-refractivity contribution in [3.8, 4) is 45.9 Å². The number of benzene rings is 3. The highest BCUT2D eigenvalue weighted by Gasteiger charge is 2.26. The standard InChI is InChI=1S/C25H27F2N9O.C25H24F2N8.C23H23F2N7.C2H2BrN.2CH4.HI/c1-13(2)36-14(3)30-24-17(26)8-16(9-20(24)36)23-18(27)10-29-25(33-23)32-22-5-4-15-11-35(12-21(28)34-37)7-6-19(15)31-22;1-14(2)35-15(3)30-24-18(26)10-17(11-21(24)35)23-19(27)12-29-25(33-23)32-22-5-4-16-13-34(9-7-28)8-6-20(16)31-22;1-12(2)32-13(3)28-22-16(24)8-15(9-19(22)32)21-17(25)11-27-23(31-21)30-20-5-4-14-10-26-7-6-18(14)29-20;3-1-2-4;;;/h4-5,8-10,13,37H,6-7,11-12H2,1-3H3,(H2,28,34)(H,29,31,32,33);4-5,10-12,14H,6,8-9,13H2,1-3H3,(H,29,31,32,33);4-5,8-9,11-12,26H,6-7,10H2,1-3H3,(H,27,29,30,31);1H2;2*1H4;1H/p-1. The van der Waals surface area contributed by atoms with Gasteiger partial charge in [0.25, 0.3) is 0 Å². The first-order chi connectivity index (χ1) is 51.9. The zero-order valence-electron chi connectivity index (χ0n) is 60.9. The fourth-order valence-corrected chi connectivity index (χ4v) is 13.5. The van der Waals surface area contributed by atoms with Crippen molar-refractivity contribution in [1.29, 1.82) is 10.5 Å². The Labute approximate surface area is 663 Å². The molecule has 580 valence electrons. The van der Waals surface area contributed by atoms with Crippen molar-refractivity contribution >= 4 is 90.2 Å². The van der Waals surface area contributed by atoms with Crippen molar-refractivity contribution in [2.75, 3.05) is 54.0 Å². The van der Waals surface area contributed by atoms with Gasteiger partial charge in [-0.2, -0.15) is 10.5 Å². The van der Waals surface area contributed by atoms with E-state index in [1.807, 2.05) is 106 Å². The third-order valence-electron chi connectivity index (χ3n) is 18.1. The van der Waals surface area contributed by atoms with Crippen LogP contribution in [-0.4, -0.2) is 132 Å². The van der Waals surface area contributed by atoms with Crippen LogP contribution in [0.4, 0.5) is 61.6 Å². The highest BCUT2D eigenvalue weighted by Crippen LogP contribution is 2.35. The lowest BCUT2D eigenvalue weighted by Crippen LogP contribution is -3.00. The Morgan fingerprint density at radius 1 is 0.523 bits per heavy atom. The number of anilines is 6. The average molecular weight is 1700 g/mol. The molecule has 3 aliphatic heterocycles. The van der Waals surface area contributed by atoms with Crippen LogP contribution in [0.25, 0.3) is 66.9 Å². The third kappa shape index (κ3) is 18.9. The van der Waals surface area contributed by atoms with E-state index in [1.165, 1.54) is 18.2 Å². The van der Waals surface area contributed by atoms with Gasteiger partial charge in [-0.25, -0.2) is 86.2 Å². The van der Waals surface area contributed by atoms with Gasteiger partial charge >= 0.3 is 0 Å². The number of pyridine rings is 3. The second-order valence-electron chi connectivity index (χ2n) is 26.7. The van der Waals surface area contributed by atoms with Gasteiger partial charge in [-0.05, 0) is 134 Å². The van der Waals surface area contributed by atoms with Crippen molar-refractivity contribution in [2.24, 2.45) is 10.9 Å². The molecule has 0 aliphatic carbocycles. The predicted octanol–water partition coefficient (Wildman–Crippen LogP) is 12.2. The van der Waals surface area contributed by atoms with E-state index in [4.69, 9.17) is 21.5 Å². The Bertz CT molecular complexity index is 5500. The number of imidazole rings is 3. The van der Waals surface area contributed by atoms with Gasteiger partial charge in [-0.1, -0.05) is 54.1 Å². The summed E-state index contributed by atoms with van der Waals surface area (Å²) in [5.74, 6) is 0.788. The molecule has 0 spiro atoms. The zero-order valence-corrected chi connectivity index (χ0v) is 64.6. The van der Waals surface area contributed by atoms with Crippen LogP contribution in [0.15, 0.2) is 96.5 Å². The number of amidine groups is 1. The zero-order chi connectivity index (χ0) is 76.8. The number of aryl methyl sites for hydroxylation is 3. The Balaban J connectivity index is 0.000000185. The molecule has 0 amide bonds. The van der Waals surface area contributed by atoms with Crippen LogP contribution in [0.3, 0.4) is 0 Å². The minimum Gasteiger partial charge on any atom is -1.00 e. The van der Waals surface area contributed by atoms with Crippen LogP contribution in [-0.2, 0) is 38.9 Å². The first-order valence-electron chi connectivity index (χ1n) is 34.7. The minimum absolute atomic E-state index is 0. The average Bonchev–Trinajstić information content (AvgIpc) is 1.65. The van der Waals surface area contributed by atoms with E-state index in [0.717, 1.165) is 84.8 Å². The molecule has 0 bridgehead atoms. The van der Waals surface area contributed by atoms with E-state index >= 15 is 0 Å². The molecule has 0 saturated heterocycles. The minimum atomic E-state index is -0.666. The van der Waals surface area contributed by atoms with Gasteiger partial charge in [0.05, 0.1) is 65.7 Å². The van der Waals surface area contributed by atoms with Gasteiger partial charge in [0, 0.05) is 110 Å². The fraction of sp³-hybridized carbons (Fsp3) is 0.338. The molecule has 12 heterocycles. The fourth-order valence-electron chi connectivity index (χ4n) is 13.5. The van der Waals surface area contributed by atoms with Crippen molar-refractivity contribution in [3.63, 3.8) is 0 Å². The number of hydrogen-bond acceptors (Lipinski definition) is 22. The maximum Gasteiger partial charge on any atom is 0.229 e. The van der Waals surface area contributed by atoms with Crippen molar-refractivity contribution in [1.82, 2.24) is 88.6 Å². The van der Waals surface area contributed by atoms with Crippen molar-refractivity contribution in [3.05, 3.63) is 178 Å². The third-order valence-corrected chi connectivity index (χ3v) is 18.4. The number of halogens is 8. The largest absolute Gasteiger partial charge is 1.00 e. The van der Waals surface area contributed by atoms with Crippen molar-refractivity contribution < 1.29 is 55.5 Å². The first-order valence-corrected chi connectivity index (χ1v) is 35.8. The molecule has 0 fully saturated rings. The summed E-state index contributed by atoms with van der Waals surface area (Å²) in [6, 6.07) is 24.4. The highest BCUT2D eigenvalue weighted by molar-refractivity contribution is 9.09. The van der Waals surface area contributed by atoms with E-state index in [-0.39, 0.29) is 114 Å². The lowest BCUT2D eigenvalue weighted by Gasteiger charge is -2.27. The number of alkyl halides is 1. The second kappa shape index (κ2) is 36.7. The number of nitriles is 2. The number of nitrogens with one attached hydrogen (secondary N) is 4. The quantitative estimate of drug-likeness (QED) is 0.00811. The van der Waals surface area contributed by atoms with E-state index in [0.29, 0.717) is 113 Å². The Morgan fingerprint density at radius 3 is 1.23 bits per heavy atom. The highest BCUT2D eigenvalue weighted by atomic mass is 127. The van der Waals surface area contributed by atoms with E-state index in [9.17, 15) is 26.3 Å². The summed E-state index contributed by atoms with van der Waals surface area (Å²) in [5, 5.41) is 41.2. The Kier molecular flexibility index (Phi) is 27.8. The van der Waals surface area contributed by atoms with Gasteiger partial charge in [-0.15, -0.1) is 0 Å². The molecule has 34 heteroatoms. The molecule has 3 aliphatic rings. The molecule has 3 aromatic carbocycles. The number of rotatable bonds is 15. The molecule has 0 saturated carbocycles. The monoisotopic (exact) mass is 1690 g/mol. The van der Waals surface area contributed by atoms with Crippen LogP contribution in [0, 0.1) is 78.3 Å². The van der Waals surface area contributed by atoms with Gasteiger partial charge in [0.15, 0.2) is 40.7 Å². The Morgan fingerprint density at radius 2 is 0.874 bits per heavy atom. The van der Waals surface area contributed by atoms with Crippen LogP contribution >= 0.6 is 15.9 Å². The molecule has 12 aromatic rings. The number of fused-ring (bicyclic) bond motifs is 6. The SMILES string of the molecule is C.C.Cc1nc2c(F)cc(-c3nc(Nc4ccc5c(n4)CCN(CC#N)C5)ncc3F)cc2n1C(C)C.Cc1nc2c(F)cc(-c3nc(Nc4ccc5c(n4)CCN(CC(N)=NO)C5)ncc3F)cc2n1C(C)C.Cc1nc2c(F)cc(-c3nc(Nc4ccc5c(n4)CCNC5)ncc3F)cc2n1C(C)C.N#CCBr.[I-]. The summed E-state index contributed by atoms with van der Waals surface area (Å²) < 4.78 is 94.7. The number of nitrogens with two attached hydrogens (primary N) is 1. The van der Waals surface area contributed by atoms with Crippen LogP contribution in [0.1, 0.15) is 126 Å². The van der Waals surface area contributed by atoms with E-state index in [1.54, 1.807) is 30.3 Å². The molecule has 15 rings (SSSR count). The summed E-state index contributed by atoms with van der Waals surface area (Å²) in [4.78, 5) is 56.2. The Hall–Kier alpha value is -10.9. The second-order valence-corrected chi connectivity index (χ2v) is 27.2. The van der Waals surface area contributed by atoms with Crippen LogP contribution < -0.4 is 51.0 Å². The van der Waals surface area contributed by atoms with E-state index in [2.05, 4.69) is 118 Å². The summed E-state index contributed by atoms with van der Waals surface area (Å²) >= 11 is 2.89. The van der Waals surface area contributed by atoms with Crippen LogP contribution in [0.2, 0.25) is 0 Å². The predicted molar refractivity (Wildman–Crippen MR) is 415 cm³/mol. The lowest BCUT2D eigenvalue weighted by molar-refractivity contribution is -0.0000288. The first kappa shape index (κ1) is 84.1. The summed E-state index contributed by atoms with van der Waals surface area (Å²) in [5.41, 5.74) is 15.2. The molecule has 0 unspecified atom stereocenters. The summed E-state index contributed by atoms with van der Waals surface area (Å²) in [6.45, 7) is 22.6. The number of oxime groups is 1. The van der Waals surface area contributed by atoms with E-state index < -0.39 is 34.9 Å².